The Morgan fingerprint density at radius 1 is 1.12 bits per heavy atom. The maximum absolute atomic E-state index is 14.7. The van der Waals surface area contributed by atoms with Crippen molar-refractivity contribution in [3.63, 3.8) is 0 Å². The van der Waals surface area contributed by atoms with Crippen LogP contribution in [0.1, 0.15) is 26.3 Å². The Hall–Kier alpha value is -3.56. The molecule has 1 aliphatic rings. The van der Waals surface area contributed by atoms with E-state index in [2.05, 4.69) is 10.6 Å². The smallest absolute Gasteiger partial charge is 0.414 e. The van der Waals surface area contributed by atoms with Gasteiger partial charge in [0.25, 0.3) is 5.91 Å². The highest BCUT2D eigenvalue weighted by Crippen LogP contribution is 2.28. The second kappa shape index (κ2) is 11.3. The summed E-state index contributed by atoms with van der Waals surface area (Å²) in [6.07, 6.45) is -4.86. The van der Waals surface area contributed by atoms with E-state index in [-0.39, 0.29) is 29.0 Å². The van der Waals surface area contributed by atoms with Gasteiger partial charge in [0.05, 0.1) is 29.6 Å². The average Bonchev–Trinajstić information content (AvgIpc) is 3.09. The van der Waals surface area contributed by atoms with Crippen LogP contribution in [0.4, 0.5) is 35.0 Å². The monoisotopic (exact) mass is 465 g/mol. The number of nitrogens with zero attached hydrogens (tertiary/aromatic N) is 1. The molecule has 0 bridgehead atoms. The van der Waals surface area contributed by atoms with Gasteiger partial charge in [0.1, 0.15) is 11.9 Å². The molecule has 0 radical (unpaired) electrons. The third-order valence-electron chi connectivity index (χ3n) is 4.74. The molecule has 2 amide bonds. The molecule has 1 fully saturated rings. The summed E-state index contributed by atoms with van der Waals surface area (Å²) in [6, 6.07) is 9.35. The van der Waals surface area contributed by atoms with Gasteiger partial charge in [-0.3, -0.25) is 14.5 Å². The van der Waals surface area contributed by atoms with E-state index in [1.165, 1.54) is 25.1 Å². The summed E-state index contributed by atoms with van der Waals surface area (Å²) < 4.78 is 44.6. The van der Waals surface area contributed by atoms with Gasteiger partial charge in [0, 0.05) is 0 Å². The standard InChI is InChI=1S/C21H20F3N3O4.C2H6/c1-11-4-3-5-17(28)16(8-11)26-15-7-6-13(9-14(15)22)27-10-18(31-21(27)30)12(2)25-20(29)19(23)24;1-2/h3-9,12,18-19H,10H2,1-2H3,(H,25,29)(H,26,28);1-2H3. The summed E-state index contributed by atoms with van der Waals surface area (Å²) in [5, 5.41) is 4.82. The minimum absolute atomic E-state index is 0.0353. The highest BCUT2D eigenvalue weighted by Gasteiger charge is 2.37. The molecule has 2 aromatic carbocycles. The molecule has 0 aromatic heterocycles. The number of anilines is 3. The second-order valence-corrected chi connectivity index (χ2v) is 7.11. The first-order chi connectivity index (χ1) is 15.7. The van der Waals surface area contributed by atoms with E-state index >= 15 is 0 Å². The van der Waals surface area contributed by atoms with Crippen molar-refractivity contribution in [3.05, 3.63) is 64.1 Å². The molecular formula is C23H26F3N3O4. The average molecular weight is 465 g/mol. The number of hydrogen-bond donors (Lipinski definition) is 2. The first kappa shape index (κ1) is 25.7. The lowest BCUT2D eigenvalue weighted by Crippen LogP contribution is -2.45. The maximum atomic E-state index is 14.7. The number of carbonyl (C=O) groups excluding carboxylic acids is 2. The van der Waals surface area contributed by atoms with Gasteiger partial charge < -0.3 is 15.4 Å². The highest BCUT2D eigenvalue weighted by atomic mass is 19.3. The summed E-state index contributed by atoms with van der Waals surface area (Å²) in [5.74, 6) is -2.18. The molecule has 2 N–H and O–H groups in total. The fourth-order valence-corrected chi connectivity index (χ4v) is 3.08. The van der Waals surface area contributed by atoms with Gasteiger partial charge in [-0.25, -0.2) is 9.18 Å². The van der Waals surface area contributed by atoms with Crippen LogP contribution in [-0.2, 0) is 9.53 Å². The Bertz CT molecular complexity index is 1070. The number of hydrogen-bond acceptors (Lipinski definition) is 5. The first-order valence-electron chi connectivity index (χ1n) is 10.4. The van der Waals surface area contributed by atoms with E-state index in [1.54, 1.807) is 25.1 Å². The highest BCUT2D eigenvalue weighted by molar-refractivity contribution is 5.90. The molecule has 1 heterocycles. The van der Waals surface area contributed by atoms with E-state index in [0.29, 0.717) is 0 Å². The summed E-state index contributed by atoms with van der Waals surface area (Å²) in [6.45, 7) is 7.16. The molecule has 2 unspecified atom stereocenters. The lowest BCUT2D eigenvalue weighted by atomic mass is 10.1. The molecule has 0 spiro atoms. The molecule has 1 aliphatic heterocycles. The molecular weight excluding hydrogens is 439 g/mol. The molecule has 2 aromatic rings. The second-order valence-electron chi connectivity index (χ2n) is 7.11. The van der Waals surface area contributed by atoms with Gasteiger partial charge in [-0.05, 0) is 49.7 Å². The molecule has 0 saturated carbocycles. The molecule has 10 heteroatoms. The molecule has 2 atom stereocenters. The van der Waals surface area contributed by atoms with Gasteiger partial charge >= 0.3 is 12.5 Å². The van der Waals surface area contributed by atoms with E-state index < -0.39 is 36.4 Å². The van der Waals surface area contributed by atoms with Gasteiger partial charge in [0.15, 0.2) is 0 Å². The quantitative estimate of drug-likeness (QED) is 0.662. The Balaban J connectivity index is 0.00000187. The first-order valence-corrected chi connectivity index (χ1v) is 10.4. The number of amides is 2. The lowest BCUT2D eigenvalue weighted by molar-refractivity contribution is -0.133. The summed E-state index contributed by atoms with van der Waals surface area (Å²) in [5.41, 5.74) is 0.898. The number of halogens is 3. The van der Waals surface area contributed by atoms with Crippen molar-refractivity contribution < 1.29 is 27.5 Å². The van der Waals surface area contributed by atoms with E-state index in [9.17, 15) is 27.6 Å². The van der Waals surface area contributed by atoms with Crippen molar-refractivity contribution in [1.29, 1.82) is 0 Å². The molecule has 1 saturated heterocycles. The molecule has 33 heavy (non-hydrogen) atoms. The predicted molar refractivity (Wildman–Crippen MR) is 120 cm³/mol. The van der Waals surface area contributed by atoms with Crippen LogP contribution in [0.15, 0.2) is 47.3 Å². The van der Waals surface area contributed by atoms with Gasteiger partial charge in [-0.2, -0.15) is 8.78 Å². The van der Waals surface area contributed by atoms with Gasteiger partial charge in [-0.1, -0.05) is 26.0 Å². The zero-order valence-corrected chi connectivity index (χ0v) is 18.7. The van der Waals surface area contributed by atoms with Crippen molar-refractivity contribution in [2.45, 2.75) is 46.3 Å². The SMILES string of the molecule is CC.Cc1cccc(=O)c(Nc2ccc(N3CC(C(C)NC(=O)C(F)F)OC3=O)cc2F)c1. The van der Waals surface area contributed by atoms with Crippen molar-refractivity contribution in [2.75, 3.05) is 16.8 Å². The predicted octanol–water partition coefficient (Wildman–Crippen LogP) is 4.36. The van der Waals surface area contributed by atoms with Crippen LogP contribution in [0.25, 0.3) is 0 Å². The maximum Gasteiger partial charge on any atom is 0.414 e. The number of benzene rings is 1. The number of alkyl halides is 2. The number of ether oxygens (including phenoxy) is 1. The van der Waals surface area contributed by atoms with Gasteiger partial charge in [-0.15, -0.1) is 0 Å². The zero-order chi connectivity index (χ0) is 24.7. The largest absolute Gasteiger partial charge is 0.442 e. The number of aryl methyl sites for hydroxylation is 1. The van der Waals surface area contributed by atoms with Crippen LogP contribution in [-0.4, -0.2) is 37.1 Å². The molecule has 7 nitrogen and oxygen atoms in total. The summed E-state index contributed by atoms with van der Waals surface area (Å²) >= 11 is 0. The Labute approximate surface area is 189 Å². The molecule has 3 rings (SSSR count). The van der Waals surface area contributed by atoms with Crippen molar-refractivity contribution in [3.8, 4) is 0 Å². The van der Waals surface area contributed by atoms with Crippen LogP contribution in [0.5, 0.6) is 0 Å². The minimum atomic E-state index is -3.19. The van der Waals surface area contributed by atoms with E-state index in [0.717, 1.165) is 16.5 Å². The Morgan fingerprint density at radius 2 is 1.82 bits per heavy atom. The van der Waals surface area contributed by atoms with Crippen LogP contribution in [0.3, 0.4) is 0 Å². The fourth-order valence-electron chi connectivity index (χ4n) is 3.08. The Morgan fingerprint density at radius 3 is 2.45 bits per heavy atom. The van der Waals surface area contributed by atoms with Crippen molar-refractivity contribution in [1.82, 2.24) is 5.32 Å². The zero-order valence-electron chi connectivity index (χ0n) is 18.7. The fraction of sp³-hybridized carbons (Fsp3) is 0.348. The third-order valence-corrected chi connectivity index (χ3v) is 4.74. The third kappa shape index (κ3) is 6.47. The number of rotatable bonds is 6. The van der Waals surface area contributed by atoms with Crippen molar-refractivity contribution >= 4 is 29.1 Å². The van der Waals surface area contributed by atoms with Crippen molar-refractivity contribution in [2.24, 2.45) is 0 Å². The molecule has 0 aliphatic carbocycles. The topological polar surface area (TPSA) is 87.7 Å². The van der Waals surface area contributed by atoms with Gasteiger partial charge in [0.2, 0.25) is 5.43 Å². The lowest BCUT2D eigenvalue weighted by Gasteiger charge is -2.19. The Kier molecular flexibility index (Phi) is 8.84. The number of nitrogens with one attached hydrogen (secondary N) is 2. The molecule has 178 valence electrons. The van der Waals surface area contributed by atoms with Crippen LogP contribution < -0.4 is 21.0 Å². The van der Waals surface area contributed by atoms with E-state index in [1.807, 2.05) is 13.8 Å². The summed E-state index contributed by atoms with van der Waals surface area (Å²) in [4.78, 5) is 36.5. The van der Waals surface area contributed by atoms with Crippen LogP contribution >= 0.6 is 0 Å². The number of cyclic esters (lactones) is 1. The minimum Gasteiger partial charge on any atom is -0.442 e. The number of carbonyl (C=O) groups is 2. The van der Waals surface area contributed by atoms with Crippen LogP contribution in [0.2, 0.25) is 0 Å². The normalized spacial score (nSPS) is 15.9. The van der Waals surface area contributed by atoms with E-state index in [4.69, 9.17) is 4.74 Å². The summed E-state index contributed by atoms with van der Waals surface area (Å²) in [7, 11) is 0. The van der Waals surface area contributed by atoms with Crippen LogP contribution in [0, 0.1) is 12.7 Å².